The Bertz CT molecular complexity index is 697. The summed E-state index contributed by atoms with van der Waals surface area (Å²) < 4.78 is 1.72. The van der Waals surface area contributed by atoms with Crippen LogP contribution in [0.3, 0.4) is 0 Å². The molecule has 22 heavy (non-hydrogen) atoms. The van der Waals surface area contributed by atoms with Gasteiger partial charge in [-0.1, -0.05) is 6.42 Å². The summed E-state index contributed by atoms with van der Waals surface area (Å²) in [6, 6.07) is 2.18. The smallest absolute Gasteiger partial charge is 0.255 e. The summed E-state index contributed by atoms with van der Waals surface area (Å²) in [6.07, 6.45) is 10.9. The van der Waals surface area contributed by atoms with Crippen LogP contribution in [0.15, 0.2) is 18.5 Å². The van der Waals surface area contributed by atoms with Gasteiger partial charge in [-0.05, 0) is 43.6 Å². The average molecular weight is 299 g/mol. The quantitative estimate of drug-likeness (QED) is 0.913. The predicted molar refractivity (Wildman–Crippen MR) is 82.2 cm³/mol. The maximum atomic E-state index is 12.6. The number of hydrogen-bond acceptors (Lipinski definition) is 3. The van der Waals surface area contributed by atoms with Crippen LogP contribution in [0.25, 0.3) is 11.4 Å². The lowest BCUT2D eigenvalue weighted by Gasteiger charge is -2.29. The molecule has 2 aliphatic carbocycles. The standard InChI is InChI=1S/C16H21N5O/c1-21-8-4-13(20-21)14-12(10-17-19-14)15(22)18-11-3-2-5-16(9-11)6-7-16/h4,8,10-11H,2-3,5-7,9H2,1H3,(H,17,19)(H,18,22). The van der Waals surface area contributed by atoms with Crippen molar-refractivity contribution in [3.05, 3.63) is 24.0 Å². The number of nitrogens with zero attached hydrogens (tertiary/aromatic N) is 3. The first-order chi connectivity index (χ1) is 10.7. The van der Waals surface area contributed by atoms with Crippen molar-refractivity contribution in [3.8, 4) is 11.4 Å². The van der Waals surface area contributed by atoms with Gasteiger partial charge in [0.1, 0.15) is 5.69 Å². The van der Waals surface area contributed by atoms with E-state index in [1.165, 1.54) is 25.7 Å². The third-order valence-electron chi connectivity index (χ3n) is 5.09. The van der Waals surface area contributed by atoms with Gasteiger partial charge in [0, 0.05) is 19.3 Å². The fourth-order valence-electron chi connectivity index (χ4n) is 3.67. The fourth-order valence-corrected chi connectivity index (χ4v) is 3.67. The van der Waals surface area contributed by atoms with E-state index in [4.69, 9.17) is 0 Å². The highest BCUT2D eigenvalue weighted by atomic mass is 16.1. The number of amides is 1. The Hall–Kier alpha value is -2.11. The molecule has 2 heterocycles. The third-order valence-corrected chi connectivity index (χ3v) is 5.09. The van der Waals surface area contributed by atoms with Crippen LogP contribution in [0.4, 0.5) is 0 Å². The first-order valence-electron chi connectivity index (χ1n) is 8.00. The molecule has 2 N–H and O–H groups in total. The number of nitrogens with one attached hydrogen (secondary N) is 2. The van der Waals surface area contributed by atoms with Gasteiger partial charge in [0.15, 0.2) is 0 Å². The molecule has 1 amide bonds. The van der Waals surface area contributed by atoms with E-state index in [0.29, 0.717) is 22.7 Å². The van der Waals surface area contributed by atoms with E-state index in [9.17, 15) is 4.79 Å². The predicted octanol–water partition coefficient (Wildman–Crippen LogP) is 2.26. The molecule has 4 rings (SSSR count). The van der Waals surface area contributed by atoms with E-state index < -0.39 is 0 Å². The molecule has 1 atom stereocenters. The molecule has 0 aromatic carbocycles. The van der Waals surface area contributed by atoms with E-state index in [2.05, 4.69) is 20.6 Å². The topological polar surface area (TPSA) is 75.6 Å². The minimum atomic E-state index is -0.0443. The Morgan fingerprint density at radius 2 is 2.32 bits per heavy atom. The third kappa shape index (κ3) is 2.42. The van der Waals surface area contributed by atoms with Gasteiger partial charge in [-0.2, -0.15) is 10.2 Å². The van der Waals surface area contributed by atoms with Crippen LogP contribution in [0.1, 0.15) is 48.9 Å². The van der Waals surface area contributed by atoms with Crippen LogP contribution >= 0.6 is 0 Å². The minimum Gasteiger partial charge on any atom is -0.349 e. The van der Waals surface area contributed by atoms with Crippen molar-refractivity contribution in [3.63, 3.8) is 0 Å². The molecular weight excluding hydrogens is 278 g/mol. The Morgan fingerprint density at radius 1 is 1.45 bits per heavy atom. The summed E-state index contributed by atoms with van der Waals surface area (Å²) in [4.78, 5) is 12.6. The normalized spacial score (nSPS) is 22.7. The Kier molecular flexibility index (Phi) is 3.06. The highest BCUT2D eigenvalue weighted by Crippen LogP contribution is 2.56. The number of rotatable bonds is 3. The van der Waals surface area contributed by atoms with Crippen molar-refractivity contribution in [2.45, 2.75) is 44.6 Å². The van der Waals surface area contributed by atoms with Crippen molar-refractivity contribution < 1.29 is 4.79 Å². The summed E-state index contributed by atoms with van der Waals surface area (Å²) in [6.45, 7) is 0. The highest BCUT2D eigenvalue weighted by molar-refractivity contribution is 5.99. The molecule has 0 aliphatic heterocycles. The molecule has 2 aromatic rings. The lowest BCUT2D eigenvalue weighted by Crippen LogP contribution is -2.39. The molecule has 2 aromatic heterocycles. The van der Waals surface area contributed by atoms with E-state index in [-0.39, 0.29) is 5.91 Å². The number of hydrogen-bond donors (Lipinski definition) is 2. The zero-order valence-corrected chi connectivity index (χ0v) is 12.8. The van der Waals surface area contributed by atoms with Crippen molar-refractivity contribution in [1.29, 1.82) is 0 Å². The molecule has 6 heteroatoms. The first kappa shape index (κ1) is 13.5. The largest absolute Gasteiger partial charge is 0.349 e. The molecule has 2 aliphatic rings. The molecule has 2 saturated carbocycles. The molecule has 0 radical (unpaired) electrons. The number of aromatic nitrogens is 4. The summed E-state index contributed by atoms with van der Waals surface area (Å²) in [5, 5.41) is 14.5. The number of carbonyl (C=O) groups excluding carboxylic acids is 1. The van der Waals surface area contributed by atoms with Crippen molar-refractivity contribution in [2.24, 2.45) is 12.5 Å². The maximum Gasteiger partial charge on any atom is 0.255 e. The van der Waals surface area contributed by atoms with E-state index >= 15 is 0 Å². The van der Waals surface area contributed by atoms with Crippen LogP contribution in [0.2, 0.25) is 0 Å². The van der Waals surface area contributed by atoms with E-state index in [1.54, 1.807) is 10.9 Å². The van der Waals surface area contributed by atoms with Crippen LogP contribution in [-0.4, -0.2) is 31.9 Å². The Labute approximate surface area is 129 Å². The van der Waals surface area contributed by atoms with Crippen molar-refractivity contribution in [2.75, 3.05) is 0 Å². The van der Waals surface area contributed by atoms with Gasteiger partial charge in [-0.15, -0.1) is 0 Å². The zero-order chi connectivity index (χ0) is 15.2. The molecule has 116 valence electrons. The second-order valence-electron chi connectivity index (χ2n) is 6.80. The zero-order valence-electron chi connectivity index (χ0n) is 12.8. The lowest BCUT2D eigenvalue weighted by molar-refractivity contribution is 0.0917. The molecular formula is C16H21N5O. The monoisotopic (exact) mass is 299 g/mol. The summed E-state index contributed by atoms with van der Waals surface area (Å²) in [5.41, 5.74) is 2.56. The highest BCUT2D eigenvalue weighted by Gasteiger charge is 2.46. The molecule has 6 nitrogen and oxygen atoms in total. The van der Waals surface area contributed by atoms with Crippen LogP contribution < -0.4 is 5.32 Å². The second kappa shape index (κ2) is 4.97. The van der Waals surface area contributed by atoms with E-state index in [0.717, 1.165) is 18.5 Å². The Morgan fingerprint density at radius 3 is 3.05 bits per heavy atom. The first-order valence-corrected chi connectivity index (χ1v) is 8.00. The van der Waals surface area contributed by atoms with Crippen LogP contribution in [-0.2, 0) is 7.05 Å². The van der Waals surface area contributed by atoms with Crippen molar-refractivity contribution in [1.82, 2.24) is 25.3 Å². The van der Waals surface area contributed by atoms with E-state index in [1.807, 2.05) is 19.3 Å². The number of H-pyrrole nitrogens is 1. The molecule has 1 spiro atoms. The SMILES string of the molecule is Cn1ccc(-c2[nH]ncc2C(=O)NC2CCCC3(CC3)C2)n1. The minimum absolute atomic E-state index is 0.0443. The van der Waals surface area contributed by atoms with Gasteiger partial charge >= 0.3 is 0 Å². The Balaban J connectivity index is 1.50. The van der Waals surface area contributed by atoms with Gasteiger partial charge in [-0.3, -0.25) is 14.6 Å². The molecule has 2 fully saturated rings. The fraction of sp³-hybridized carbons (Fsp3) is 0.562. The van der Waals surface area contributed by atoms with Crippen LogP contribution in [0.5, 0.6) is 0 Å². The second-order valence-corrected chi connectivity index (χ2v) is 6.80. The average Bonchev–Trinajstić information content (AvgIpc) is 2.93. The van der Waals surface area contributed by atoms with Gasteiger partial charge in [0.2, 0.25) is 0 Å². The molecule has 0 bridgehead atoms. The van der Waals surface area contributed by atoms with Gasteiger partial charge in [0.25, 0.3) is 5.91 Å². The van der Waals surface area contributed by atoms with Gasteiger partial charge in [-0.25, -0.2) is 0 Å². The number of carbonyl (C=O) groups is 1. The summed E-state index contributed by atoms with van der Waals surface area (Å²) in [7, 11) is 1.86. The lowest BCUT2D eigenvalue weighted by atomic mass is 9.83. The molecule has 0 saturated heterocycles. The van der Waals surface area contributed by atoms with Gasteiger partial charge in [0.05, 0.1) is 17.5 Å². The van der Waals surface area contributed by atoms with Gasteiger partial charge < -0.3 is 5.32 Å². The number of aryl methyl sites for hydroxylation is 1. The maximum absolute atomic E-state index is 12.6. The number of aromatic amines is 1. The van der Waals surface area contributed by atoms with Crippen molar-refractivity contribution >= 4 is 5.91 Å². The van der Waals surface area contributed by atoms with Crippen LogP contribution in [0, 0.1) is 5.41 Å². The summed E-state index contributed by atoms with van der Waals surface area (Å²) in [5.74, 6) is -0.0443. The molecule has 1 unspecified atom stereocenters. The summed E-state index contributed by atoms with van der Waals surface area (Å²) >= 11 is 0.